The number of fused-ring (bicyclic) bond motifs is 1. The van der Waals surface area contributed by atoms with Crippen molar-refractivity contribution in [3.63, 3.8) is 0 Å². The molecular weight excluding hydrogens is 416 g/mol. The summed E-state index contributed by atoms with van der Waals surface area (Å²) in [5, 5.41) is 12.8. The Morgan fingerprint density at radius 1 is 0.969 bits per heavy atom. The molecule has 0 fully saturated rings. The Morgan fingerprint density at radius 2 is 1.81 bits per heavy atom. The van der Waals surface area contributed by atoms with Gasteiger partial charge in [-0.1, -0.05) is 6.07 Å². The number of amides is 2. The van der Waals surface area contributed by atoms with Crippen molar-refractivity contribution in [1.29, 1.82) is 0 Å². The van der Waals surface area contributed by atoms with Crippen molar-refractivity contribution < 1.29 is 18.4 Å². The molecular formula is C23H17F2N5O2. The van der Waals surface area contributed by atoms with Crippen LogP contribution >= 0.6 is 0 Å². The van der Waals surface area contributed by atoms with Crippen molar-refractivity contribution in [2.75, 3.05) is 10.6 Å². The van der Waals surface area contributed by atoms with Gasteiger partial charge in [-0.2, -0.15) is 5.10 Å². The van der Waals surface area contributed by atoms with Crippen LogP contribution in [0.15, 0.2) is 60.8 Å². The Balaban J connectivity index is 1.39. The highest BCUT2D eigenvalue weighted by molar-refractivity contribution is 6.08. The van der Waals surface area contributed by atoms with Crippen LogP contribution in [0, 0.1) is 11.6 Å². The third kappa shape index (κ3) is 5.01. The second kappa shape index (κ2) is 9.17. The first-order chi connectivity index (χ1) is 15.5. The van der Waals surface area contributed by atoms with Gasteiger partial charge in [0.15, 0.2) is 0 Å². The van der Waals surface area contributed by atoms with Gasteiger partial charge in [0.05, 0.1) is 22.6 Å². The van der Waals surface area contributed by atoms with Crippen LogP contribution in [-0.4, -0.2) is 27.0 Å². The molecule has 9 heteroatoms. The van der Waals surface area contributed by atoms with Gasteiger partial charge in [-0.05, 0) is 54.6 Å². The van der Waals surface area contributed by atoms with Gasteiger partial charge < -0.3 is 10.6 Å². The number of rotatable bonds is 6. The molecule has 2 heterocycles. The third-order valence-electron chi connectivity index (χ3n) is 4.50. The molecule has 32 heavy (non-hydrogen) atoms. The number of anilines is 2. The maximum Gasteiger partial charge on any atom is 0.233 e. The SMILES string of the molecule is O=C(CC(=O)Nc1cc(F)ccc1F)Nc1ccc2c(C=Cc3ccccn3)n[nH]c2c1. The lowest BCUT2D eigenvalue weighted by molar-refractivity contribution is -0.123. The van der Waals surface area contributed by atoms with Crippen LogP contribution in [0.1, 0.15) is 17.8 Å². The van der Waals surface area contributed by atoms with Crippen LogP contribution in [-0.2, 0) is 9.59 Å². The summed E-state index contributed by atoms with van der Waals surface area (Å²) < 4.78 is 26.8. The number of aromatic nitrogens is 3. The minimum Gasteiger partial charge on any atom is -0.326 e. The molecule has 0 atom stereocenters. The Hall–Kier alpha value is -4.40. The molecule has 3 N–H and O–H groups in total. The summed E-state index contributed by atoms with van der Waals surface area (Å²) in [4.78, 5) is 28.4. The summed E-state index contributed by atoms with van der Waals surface area (Å²) in [5.74, 6) is -2.86. The van der Waals surface area contributed by atoms with Crippen molar-refractivity contribution >= 4 is 46.2 Å². The predicted molar refractivity (Wildman–Crippen MR) is 117 cm³/mol. The highest BCUT2D eigenvalue weighted by atomic mass is 19.1. The van der Waals surface area contributed by atoms with Crippen molar-refractivity contribution in [3.8, 4) is 0 Å². The number of nitrogens with one attached hydrogen (secondary N) is 3. The van der Waals surface area contributed by atoms with E-state index in [4.69, 9.17) is 0 Å². The number of carbonyl (C=O) groups excluding carboxylic acids is 2. The van der Waals surface area contributed by atoms with E-state index in [1.165, 1.54) is 0 Å². The monoisotopic (exact) mass is 433 g/mol. The van der Waals surface area contributed by atoms with Crippen LogP contribution in [0.2, 0.25) is 0 Å². The number of pyridine rings is 1. The Kier molecular flexibility index (Phi) is 5.98. The topological polar surface area (TPSA) is 99.8 Å². The summed E-state index contributed by atoms with van der Waals surface area (Å²) in [7, 11) is 0. The first kappa shape index (κ1) is 20.9. The quantitative estimate of drug-likeness (QED) is 0.393. The fourth-order valence-corrected chi connectivity index (χ4v) is 3.02. The zero-order valence-corrected chi connectivity index (χ0v) is 16.6. The molecule has 4 rings (SSSR count). The summed E-state index contributed by atoms with van der Waals surface area (Å²) in [6.07, 6.45) is 4.81. The van der Waals surface area contributed by atoms with E-state index in [0.29, 0.717) is 16.9 Å². The van der Waals surface area contributed by atoms with Crippen molar-refractivity contribution in [2.24, 2.45) is 0 Å². The number of benzene rings is 2. The van der Waals surface area contributed by atoms with Gasteiger partial charge in [-0.15, -0.1) is 0 Å². The average molecular weight is 433 g/mol. The Labute approximate surface area is 181 Å². The number of nitrogens with zero attached hydrogens (tertiary/aromatic N) is 2. The average Bonchev–Trinajstić information content (AvgIpc) is 3.17. The fraction of sp³-hybridized carbons (Fsp3) is 0.0435. The molecule has 7 nitrogen and oxygen atoms in total. The van der Waals surface area contributed by atoms with Crippen LogP contribution in [0.5, 0.6) is 0 Å². The maximum atomic E-state index is 13.6. The molecule has 0 aliphatic carbocycles. The van der Waals surface area contributed by atoms with E-state index in [-0.39, 0.29) is 5.69 Å². The lowest BCUT2D eigenvalue weighted by Crippen LogP contribution is -2.21. The molecule has 2 aromatic carbocycles. The first-order valence-corrected chi connectivity index (χ1v) is 9.60. The van der Waals surface area contributed by atoms with Gasteiger partial charge in [0.2, 0.25) is 11.8 Å². The molecule has 0 saturated heterocycles. The largest absolute Gasteiger partial charge is 0.326 e. The highest BCUT2D eigenvalue weighted by Gasteiger charge is 2.13. The molecule has 4 aromatic rings. The molecule has 0 spiro atoms. The van der Waals surface area contributed by atoms with Crippen molar-refractivity contribution in [3.05, 3.63) is 83.8 Å². The van der Waals surface area contributed by atoms with Crippen LogP contribution in [0.25, 0.3) is 23.1 Å². The molecule has 0 aliphatic rings. The molecule has 160 valence electrons. The summed E-state index contributed by atoms with van der Waals surface area (Å²) in [5.41, 5.74) is 2.32. The smallest absolute Gasteiger partial charge is 0.233 e. The molecule has 0 saturated carbocycles. The molecule has 0 aliphatic heterocycles. The Bertz CT molecular complexity index is 1320. The lowest BCUT2D eigenvalue weighted by Gasteiger charge is -2.08. The van der Waals surface area contributed by atoms with Gasteiger partial charge >= 0.3 is 0 Å². The van der Waals surface area contributed by atoms with E-state index in [9.17, 15) is 18.4 Å². The Morgan fingerprint density at radius 3 is 2.62 bits per heavy atom. The van der Waals surface area contributed by atoms with Gasteiger partial charge in [0.25, 0.3) is 0 Å². The molecule has 2 amide bonds. The van der Waals surface area contributed by atoms with Gasteiger partial charge in [-0.25, -0.2) is 8.78 Å². The number of hydrogen-bond donors (Lipinski definition) is 3. The third-order valence-corrected chi connectivity index (χ3v) is 4.50. The zero-order valence-electron chi connectivity index (χ0n) is 16.6. The predicted octanol–water partition coefficient (Wildman–Crippen LogP) is 4.37. The van der Waals surface area contributed by atoms with Crippen LogP contribution in [0.3, 0.4) is 0 Å². The van der Waals surface area contributed by atoms with Crippen LogP contribution < -0.4 is 10.6 Å². The van der Waals surface area contributed by atoms with Gasteiger partial charge in [0.1, 0.15) is 18.1 Å². The van der Waals surface area contributed by atoms with Crippen LogP contribution in [0.4, 0.5) is 20.2 Å². The highest BCUT2D eigenvalue weighted by Crippen LogP contribution is 2.22. The second-order valence-corrected chi connectivity index (χ2v) is 6.85. The van der Waals surface area contributed by atoms with Gasteiger partial charge in [-0.3, -0.25) is 19.7 Å². The number of H-pyrrole nitrogens is 1. The summed E-state index contributed by atoms with van der Waals surface area (Å²) >= 11 is 0. The number of hydrogen-bond acceptors (Lipinski definition) is 4. The first-order valence-electron chi connectivity index (χ1n) is 9.60. The van der Waals surface area contributed by atoms with E-state index in [1.54, 1.807) is 24.4 Å². The van der Waals surface area contributed by atoms with E-state index < -0.39 is 29.9 Å². The number of carbonyl (C=O) groups is 2. The number of halogens is 2. The summed E-state index contributed by atoms with van der Waals surface area (Å²) in [6, 6.07) is 13.4. The summed E-state index contributed by atoms with van der Waals surface area (Å²) in [6.45, 7) is 0. The molecule has 0 radical (unpaired) electrons. The van der Waals surface area contributed by atoms with E-state index in [0.717, 1.165) is 29.3 Å². The van der Waals surface area contributed by atoms with Gasteiger partial charge in [0, 0.05) is 23.3 Å². The zero-order chi connectivity index (χ0) is 22.5. The van der Waals surface area contributed by atoms with E-state index >= 15 is 0 Å². The maximum absolute atomic E-state index is 13.6. The van der Waals surface area contributed by atoms with E-state index in [2.05, 4.69) is 25.8 Å². The van der Waals surface area contributed by atoms with E-state index in [1.807, 2.05) is 30.4 Å². The fourth-order valence-electron chi connectivity index (χ4n) is 3.02. The standard InChI is InChI=1S/C23H17F2N5O2/c24-14-4-8-18(25)21(11-14)28-23(32)13-22(31)27-16-5-7-17-19(29-30-20(17)12-16)9-6-15-3-1-2-10-26-15/h1-12H,13H2,(H,27,31)(H,28,32)(H,29,30). The molecule has 2 aromatic heterocycles. The second-order valence-electron chi connectivity index (χ2n) is 6.85. The molecule has 0 unspecified atom stereocenters. The minimum absolute atomic E-state index is 0.326. The molecule has 0 bridgehead atoms. The number of aromatic amines is 1. The minimum atomic E-state index is -0.794. The van der Waals surface area contributed by atoms with Crippen molar-refractivity contribution in [2.45, 2.75) is 6.42 Å². The normalized spacial score (nSPS) is 11.1. The lowest BCUT2D eigenvalue weighted by atomic mass is 10.1. The van der Waals surface area contributed by atoms with Crippen molar-refractivity contribution in [1.82, 2.24) is 15.2 Å².